The lowest BCUT2D eigenvalue weighted by Gasteiger charge is -2.28. The smallest absolute Gasteiger partial charge is 0.309 e. The van der Waals surface area contributed by atoms with Crippen LogP contribution in [0.4, 0.5) is 0 Å². The van der Waals surface area contributed by atoms with Gasteiger partial charge in [0.05, 0.1) is 6.42 Å². The number of carbonyl (C=O) groups excluding carboxylic acids is 2. The lowest BCUT2D eigenvalue weighted by Crippen LogP contribution is -2.35. The van der Waals surface area contributed by atoms with E-state index >= 15 is 0 Å². The fourth-order valence-electron chi connectivity index (χ4n) is 3.03. The van der Waals surface area contributed by atoms with Gasteiger partial charge in [-0.25, -0.2) is 0 Å². The minimum absolute atomic E-state index is 0.0739. The maximum Gasteiger partial charge on any atom is 0.309 e. The van der Waals surface area contributed by atoms with E-state index in [0.29, 0.717) is 6.42 Å². The van der Waals surface area contributed by atoms with Gasteiger partial charge in [-0.15, -0.1) is 0 Å². The zero-order valence-electron chi connectivity index (χ0n) is 14.3. The van der Waals surface area contributed by atoms with Gasteiger partial charge in [0.25, 0.3) is 0 Å². The number of hydrogen-bond acceptors (Lipinski definition) is 4. The average Bonchev–Trinajstić information content (AvgIpc) is 2.44. The molecule has 1 rings (SSSR count). The predicted molar refractivity (Wildman–Crippen MR) is 86.5 cm³/mol. The van der Waals surface area contributed by atoms with E-state index in [4.69, 9.17) is 9.47 Å². The Kier molecular flexibility index (Phi) is 9.93. The van der Waals surface area contributed by atoms with Gasteiger partial charge < -0.3 is 9.47 Å². The molecule has 0 N–H and O–H groups in total. The summed E-state index contributed by atoms with van der Waals surface area (Å²) >= 11 is 0. The molecular formula is C18H32O4. The largest absolute Gasteiger partial charge is 0.462 e. The predicted octanol–water partition coefficient (Wildman–Crippen LogP) is 4.54. The first kappa shape index (κ1) is 19.0. The Morgan fingerprint density at radius 1 is 1.09 bits per heavy atom. The molecule has 1 aliphatic heterocycles. The maximum absolute atomic E-state index is 11.5. The van der Waals surface area contributed by atoms with Crippen LogP contribution in [0.25, 0.3) is 0 Å². The summed E-state index contributed by atoms with van der Waals surface area (Å²) in [5, 5.41) is 0. The molecule has 22 heavy (non-hydrogen) atoms. The minimum atomic E-state index is -0.318. The number of hydrogen-bond donors (Lipinski definition) is 0. The Labute approximate surface area is 134 Å². The fourth-order valence-corrected chi connectivity index (χ4v) is 3.03. The van der Waals surface area contributed by atoms with Crippen LogP contribution in [0.5, 0.6) is 0 Å². The van der Waals surface area contributed by atoms with Crippen molar-refractivity contribution in [3.05, 3.63) is 0 Å². The van der Waals surface area contributed by atoms with Gasteiger partial charge >= 0.3 is 11.9 Å². The van der Waals surface area contributed by atoms with E-state index < -0.39 is 0 Å². The molecule has 1 aliphatic rings. The molecule has 4 heteroatoms. The molecule has 1 fully saturated rings. The molecule has 0 aromatic rings. The van der Waals surface area contributed by atoms with Crippen molar-refractivity contribution in [3.63, 3.8) is 0 Å². The Bertz CT molecular complexity index is 325. The van der Waals surface area contributed by atoms with Crippen molar-refractivity contribution in [2.75, 3.05) is 0 Å². The van der Waals surface area contributed by atoms with Gasteiger partial charge in [0, 0.05) is 13.3 Å². The summed E-state index contributed by atoms with van der Waals surface area (Å²) in [6.07, 6.45) is 13.0. The standard InChI is InChI=1S/C18H32O4/c1-3-4-5-6-7-8-9-10-11-12-16-13-17(21-15(2)19)14-18(20)22-16/h16-17H,3-14H2,1-2H3. The second kappa shape index (κ2) is 11.5. The molecule has 0 aromatic carbocycles. The summed E-state index contributed by atoms with van der Waals surface area (Å²) in [6, 6.07) is 0. The molecular weight excluding hydrogens is 280 g/mol. The van der Waals surface area contributed by atoms with Crippen LogP contribution in [-0.4, -0.2) is 24.1 Å². The first-order valence-corrected chi connectivity index (χ1v) is 8.98. The maximum atomic E-state index is 11.5. The van der Waals surface area contributed by atoms with Gasteiger partial charge in [-0.3, -0.25) is 9.59 Å². The van der Waals surface area contributed by atoms with Gasteiger partial charge in [0.2, 0.25) is 0 Å². The minimum Gasteiger partial charge on any atom is -0.462 e. The number of esters is 2. The van der Waals surface area contributed by atoms with Gasteiger partial charge in [-0.05, 0) is 12.8 Å². The third-order valence-corrected chi connectivity index (χ3v) is 4.18. The highest BCUT2D eigenvalue weighted by atomic mass is 16.6. The Morgan fingerprint density at radius 2 is 1.68 bits per heavy atom. The summed E-state index contributed by atoms with van der Waals surface area (Å²) in [6.45, 7) is 3.62. The van der Waals surface area contributed by atoms with Crippen molar-refractivity contribution in [3.8, 4) is 0 Å². The van der Waals surface area contributed by atoms with Crippen LogP contribution in [0.1, 0.15) is 90.9 Å². The molecule has 0 radical (unpaired) electrons. The van der Waals surface area contributed by atoms with E-state index in [9.17, 15) is 9.59 Å². The van der Waals surface area contributed by atoms with Crippen LogP contribution in [0.2, 0.25) is 0 Å². The van der Waals surface area contributed by atoms with Crippen LogP contribution >= 0.6 is 0 Å². The third-order valence-electron chi connectivity index (χ3n) is 4.18. The van der Waals surface area contributed by atoms with Gasteiger partial charge in [0.15, 0.2) is 0 Å². The van der Waals surface area contributed by atoms with Crippen LogP contribution < -0.4 is 0 Å². The van der Waals surface area contributed by atoms with Crippen molar-refractivity contribution in [1.29, 1.82) is 0 Å². The second-order valence-corrected chi connectivity index (χ2v) is 6.40. The van der Waals surface area contributed by atoms with Gasteiger partial charge in [0.1, 0.15) is 12.2 Å². The molecule has 0 spiro atoms. The molecule has 1 heterocycles. The summed E-state index contributed by atoms with van der Waals surface area (Å²) in [4.78, 5) is 22.5. The number of cyclic esters (lactones) is 1. The Hall–Kier alpha value is -1.06. The molecule has 0 saturated carbocycles. The third kappa shape index (κ3) is 9.06. The van der Waals surface area contributed by atoms with Crippen molar-refractivity contribution in [2.24, 2.45) is 0 Å². The van der Waals surface area contributed by atoms with Crippen LogP contribution in [0.3, 0.4) is 0 Å². The number of unbranched alkanes of at least 4 members (excludes halogenated alkanes) is 8. The molecule has 128 valence electrons. The van der Waals surface area contributed by atoms with E-state index in [2.05, 4.69) is 6.92 Å². The summed E-state index contributed by atoms with van der Waals surface area (Å²) in [7, 11) is 0. The quantitative estimate of drug-likeness (QED) is 0.415. The van der Waals surface area contributed by atoms with Crippen molar-refractivity contribution >= 4 is 11.9 Å². The lowest BCUT2D eigenvalue weighted by molar-refractivity contribution is -0.168. The van der Waals surface area contributed by atoms with E-state index in [0.717, 1.165) is 12.8 Å². The van der Waals surface area contributed by atoms with Crippen LogP contribution in [-0.2, 0) is 19.1 Å². The van der Waals surface area contributed by atoms with E-state index in [1.807, 2.05) is 0 Å². The molecule has 2 unspecified atom stereocenters. The van der Waals surface area contributed by atoms with Crippen LogP contribution in [0, 0.1) is 0 Å². The van der Waals surface area contributed by atoms with E-state index in [-0.39, 0.29) is 30.6 Å². The number of ether oxygens (including phenoxy) is 2. The normalized spacial score (nSPS) is 21.5. The molecule has 4 nitrogen and oxygen atoms in total. The first-order chi connectivity index (χ1) is 10.6. The average molecular weight is 312 g/mol. The fraction of sp³-hybridized carbons (Fsp3) is 0.889. The van der Waals surface area contributed by atoms with Gasteiger partial charge in [-0.2, -0.15) is 0 Å². The molecule has 0 aromatic heterocycles. The van der Waals surface area contributed by atoms with Crippen molar-refractivity contribution in [2.45, 2.75) is 103 Å². The molecule has 0 amide bonds. The highest BCUT2D eigenvalue weighted by Crippen LogP contribution is 2.22. The molecule has 0 aliphatic carbocycles. The molecule has 1 saturated heterocycles. The van der Waals surface area contributed by atoms with E-state index in [1.165, 1.54) is 58.3 Å². The summed E-state index contributed by atoms with van der Waals surface area (Å²) in [5.74, 6) is -0.556. The Morgan fingerprint density at radius 3 is 2.27 bits per heavy atom. The molecule has 0 bridgehead atoms. The number of carbonyl (C=O) groups is 2. The zero-order chi connectivity index (χ0) is 16.2. The second-order valence-electron chi connectivity index (χ2n) is 6.40. The van der Waals surface area contributed by atoms with Crippen molar-refractivity contribution < 1.29 is 19.1 Å². The van der Waals surface area contributed by atoms with E-state index in [1.54, 1.807) is 0 Å². The lowest BCUT2D eigenvalue weighted by atomic mass is 9.99. The Balaban J connectivity index is 2.03. The monoisotopic (exact) mass is 312 g/mol. The highest BCUT2D eigenvalue weighted by Gasteiger charge is 2.30. The SMILES string of the molecule is CCCCCCCCCCCC1CC(OC(C)=O)CC(=O)O1. The number of rotatable bonds is 11. The zero-order valence-corrected chi connectivity index (χ0v) is 14.3. The van der Waals surface area contributed by atoms with Crippen LogP contribution in [0.15, 0.2) is 0 Å². The van der Waals surface area contributed by atoms with Crippen molar-refractivity contribution in [1.82, 2.24) is 0 Å². The summed E-state index contributed by atoms with van der Waals surface area (Å²) < 4.78 is 10.5. The topological polar surface area (TPSA) is 52.6 Å². The summed E-state index contributed by atoms with van der Waals surface area (Å²) in [5.41, 5.74) is 0. The first-order valence-electron chi connectivity index (χ1n) is 8.98. The van der Waals surface area contributed by atoms with Gasteiger partial charge in [-0.1, -0.05) is 58.3 Å². The highest BCUT2D eigenvalue weighted by molar-refractivity contribution is 5.72. The molecule has 2 atom stereocenters.